The van der Waals surface area contributed by atoms with Crippen LogP contribution in [0, 0.1) is 0 Å². The minimum absolute atomic E-state index is 0.0353. The third-order valence-corrected chi connectivity index (χ3v) is 3.30. The number of ether oxygens (including phenoxy) is 1. The number of amides is 1. The van der Waals surface area contributed by atoms with Gasteiger partial charge in [-0.05, 0) is 12.0 Å². The number of Topliss-reactive ketones (excluding diaryl/α,β-unsaturated/α-hetero) is 1. The molecule has 0 fully saturated rings. The molecule has 6 heteroatoms. The van der Waals surface area contributed by atoms with Crippen LogP contribution in [-0.4, -0.2) is 35.9 Å². The summed E-state index contributed by atoms with van der Waals surface area (Å²) in [6.07, 6.45) is -0.342. The van der Waals surface area contributed by atoms with Gasteiger partial charge in [-0.15, -0.1) is 0 Å². The predicted molar refractivity (Wildman–Crippen MR) is 80.3 cm³/mol. The summed E-state index contributed by atoms with van der Waals surface area (Å²) in [5.41, 5.74) is 0.635. The second-order valence-electron chi connectivity index (χ2n) is 4.86. The van der Waals surface area contributed by atoms with Crippen molar-refractivity contribution >= 4 is 17.7 Å². The van der Waals surface area contributed by atoms with Gasteiger partial charge in [0.2, 0.25) is 0 Å². The minimum Gasteiger partial charge on any atom is -0.480 e. The van der Waals surface area contributed by atoms with E-state index in [4.69, 9.17) is 9.84 Å². The van der Waals surface area contributed by atoms with E-state index in [1.807, 2.05) is 6.07 Å². The Morgan fingerprint density at radius 1 is 1.23 bits per heavy atom. The molecule has 22 heavy (non-hydrogen) atoms. The highest BCUT2D eigenvalue weighted by atomic mass is 16.5. The van der Waals surface area contributed by atoms with Gasteiger partial charge in [-0.25, -0.2) is 4.79 Å². The van der Waals surface area contributed by atoms with E-state index in [-0.39, 0.29) is 18.6 Å². The number of benzene rings is 1. The van der Waals surface area contributed by atoms with Gasteiger partial charge < -0.3 is 15.2 Å². The Kier molecular flexibility index (Phi) is 7.25. The molecule has 6 nitrogen and oxygen atoms in total. The first-order chi connectivity index (χ1) is 10.5. The van der Waals surface area contributed by atoms with E-state index >= 15 is 0 Å². The maximum atomic E-state index is 12.2. The van der Waals surface area contributed by atoms with Crippen molar-refractivity contribution in [1.29, 1.82) is 0 Å². The van der Waals surface area contributed by atoms with Gasteiger partial charge in [0.1, 0.15) is 11.8 Å². The first kappa shape index (κ1) is 17.8. The Balaban J connectivity index is 2.73. The number of hydrogen-bond acceptors (Lipinski definition) is 4. The van der Waals surface area contributed by atoms with E-state index in [0.29, 0.717) is 12.0 Å². The summed E-state index contributed by atoms with van der Waals surface area (Å²) in [7, 11) is 1.38. The summed E-state index contributed by atoms with van der Waals surface area (Å²) >= 11 is 0. The van der Waals surface area contributed by atoms with E-state index in [1.54, 1.807) is 31.2 Å². The second-order valence-corrected chi connectivity index (χ2v) is 4.86. The number of carboxylic acids is 1. The van der Waals surface area contributed by atoms with Crippen molar-refractivity contribution in [1.82, 2.24) is 5.32 Å². The summed E-state index contributed by atoms with van der Waals surface area (Å²) in [6, 6.07) is 7.69. The van der Waals surface area contributed by atoms with Gasteiger partial charge in [-0.2, -0.15) is 0 Å². The quantitative estimate of drug-likeness (QED) is 0.724. The number of nitrogens with one attached hydrogen (secondary N) is 1. The molecule has 0 aromatic heterocycles. The average molecular weight is 307 g/mol. The molecule has 2 atom stereocenters. The summed E-state index contributed by atoms with van der Waals surface area (Å²) in [4.78, 5) is 34.7. The summed E-state index contributed by atoms with van der Waals surface area (Å²) in [6.45, 7) is 1.72. The van der Waals surface area contributed by atoms with Crippen LogP contribution in [0.15, 0.2) is 30.3 Å². The number of hydrogen-bond donors (Lipinski definition) is 2. The molecule has 0 heterocycles. The van der Waals surface area contributed by atoms with Crippen LogP contribution in [0.3, 0.4) is 0 Å². The largest absolute Gasteiger partial charge is 0.480 e. The van der Waals surface area contributed by atoms with Crippen molar-refractivity contribution in [3.05, 3.63) is 35.9 Å². The summed E-state index contributed by atoms with van der Waals surface area (Å²) in [5.74, 6) is -1.74. The molecule has 1 aromatic carbocycles. The van der Waals surface area contributed by atoms with Gasteiger partial charge in [0.25, 0.3) is 5.91 Å². The van der Waals surface area contributed by atoms with Crippen LogP contribution in [-0.2, 0) is 19.1 Å². The summed E-state index contributed by atoms with van der Waals surface area (Å²) in [5, 5.41) is 11.6. The van der Waals surface area contributed by atoms with Crippen LogP contribution in [0.5, 0.6) is 0 Å². The molecule has 1 aromatic rings. The summed E-state index contributed by atoms with van der Waals surface area (Å²) < 4.78 is 5.15. The first-order valence-corrected chi connectivity index (χ1v) is 7.12. The van der Waals surface area contributed by atoms with E-state index in [2.05, 4.69) is 5.32 Å². The standard InChI is InChI=1S/C16H21NO5/c1-3-12(18)9-10-13(16(20)21)17-15(19)14(22-2)11-7-5-4-6-8-11/h4-8,13-14H,3,9-10H2,1-2H3,(H,17,19)(H,20,21)/t13-,14+/m1/s1. The van der Waals surface area contributed by atoms with Gasteiger partial charge in [0, 0.05) is 20.0 Å². The molecule has 0 saturated carbocycles. The second kappa shape index (κ2) is 8.94. The number of carboxylic acid groups (broad SMARTS) is 1. The maximum Gasteiger partial charge on any atom is 0.326 e. The number of rotatable bonds is 9. The fourth-order valence-electron chi connectivity index (χ4n) is 2.01. The van der Waals surface area contributed by atoms with Crippen molar-refractivity contribution in [3.8, 4) is 0 Å². The zero-order valence-electron chi connectivity index (χ0n) is 12.7. The van der Waals surface area contributed by atoms with Crippen molar-refractivity contribution < 1.29 is 24.2 Å². The number of carbonyl (C=O) groups is 3. The van der Waals surface area contributed by atoms with Crippen molar-refractivity contribution in [2.45, 2.75) is 38.3 Å². The zero-order valence-corrected chi connectivity index (χ0v) is 12.7. The number of carbonyl (C=O) groups excluding carboxylic acids is 2. The van der Waals surface area contributed by atoms with Crippen LogP contribution < -0.4 is 5.32 Å². The van der Waals surface area contributed by atoms with Gasteiger partial charge in [-0.3, -0.25) is 9.59 Å². The zero-order chi connectivity index (χ0) is 16.5. The molecule has 1 rings (SSSR count). The maximum absolute atomic E-state index is 12.2. The Bertz CT molecular complexity index is 515. The lowest BCUT2D eigenvalue weighted by atomic mass is 10.1. The van der Waals surface area contributed by atoms with Gasteiger partial charge in [0.05, 0.1) is 0 Å². The average Bonchev–Trinajstić information content (AvgIpc) is 2.52. The van der Waals surface area contributed by atoms with E-state index in [9.17, 15) is 14.4 Å². The van der Waals surface area contributed by atoms with E-state index < -0.39 is 24.0 Å². The number of aliphatic carboxylic acids is 1. The first-order valence-electron chi connectivity index (χ1n) is 7.12. The Morgan fingerprint density at radius 3 is 2.36 bits per heavy atom. The molecule has 0 saturated heterocycles. The fraction of sp³-hybridized carbons (Fsp3) is 0.438. The monoisotopic (exact) mass is 307 g/mol. The molecule has 0 aliphatic rings. The van der Waals surface area contributed by atoms with Crippen LogP contribution in [0.1, 0.15) is 37.9 Å². The molecule has 120 valence electrons. The lowest BCUT2D eigenvalue weighted by Gasteiger charge is -2.19. The van der Waals surface area contributed by atoms with Crippen LogP contribution >= 0.6 is 0 Å². The lowest BCUT2D eigenvalue weighted by Crippen LogP contribution is -2.43. The minimum atomic E-state index is -1.17. The van der Waals surface area contributed by atoms with Crippen molar-refractivity contribution in [3.63, 3.8) is 0 Å². The normalized spacial score (nSPS) is 13.2. The van der Waals surface area contributed by atoms with Crippen LogP contribution in [0.25, 0.3) is 0 Å². The molecule has 0 aliphatic heterocycles. The van der Waals surface area contributed by atoms with Crippen molar-refractivity contribution in [2.75, 3.05) is 7.11 Å². The van der Waals surface area contributed by atoms with Crippen molar-refractivity contribution in [2.24, 2.45) is 0 Å². The lowest BCUT2D eigenvalue weighted by molar-refractivity contribution is -0.144. The van der Waals surface area contributed by atoms with Gasteiger partial charge in [-0.1, -0.05) is 37.3 Å². The van der Waals surface area contributed by atoms with Crippen LogP contribution in [0.4, 0.5) is 0 Å². The molecule has 2 N–H and O–H groups in total. The molecular weight excluding hydrogens is 286 g/mol. The molecule has 0 bridgehead atoms. The Hall–Kier alpha value is -2.21. The highest BCUT2D eigenvalue weighted by Gasteiger charge is 2.26. The van der Waals surface area contributed by atoms with Crippen LogP contribution in [0.2, 0.25) is 0 Å². The Labute approximate surface area is 129 Å². The number of ketones is 1. The highest BCUT2D eigenvalue weighted by Crippen LogP contribution is 2.17. The molecular formula is C16H21NO5. The Morgan fingerprint density at radius 2 is 1.86 bits per heavy atom. The molecule has 0 radical (unpaired) electrons. The molecule has 1 amide bonds. The smallest absolute Gasteiger partial charge is 0.326 e. The third kappa shape index (κ3) is 5.29. The molecule has 0 unspecified atom stereocenters. The fourth-order valence-corrected chi connectivity index (χ4v) is 2.01. The van der Waals surface area contributed by atoms with Gasteiger partial charge in [0.15, 0.2) is 6.10 Å². The van der Waals surface area contributed by atoms with E-state index in [1.165, 1.54) is 7.11 Å². The molecule has 0 spiro atoms. The predicted octanol–water partition coefficient (Wildman–Crippen LogP) is 1.70. The third-order valence-electron chi connectivity index (χ3n) is 3.30. The van der Waals surface area contributed by atoms with E-state index in [0.717, 1.165) is 0 Å². The topological polar surface area (TPSA) is 92.7 Å². The SMILES string of the molecule is CCC(=O)CC[C@@H](NC(=O)[C@@H](OC)c1ccccc1)C(=O)O. The van der Waals surface area contributed by atoms with Gasteiger partial charge >= 0.3 is 5.97 Å². The molecule has 0 aliphatic carbocycles. The number of methoxy groups -OCH3 is 1. The highest BCUT2D eigenvalue weighted by molar-refractivity contribution is 5.87.